The SMILES string of the molecule is c1ccc(-c2nc(-c3ccccc3)nc(-c3ccc(-c4cc5c(c6c4c4ccccc4n6-c4ccccc4)-c4ccccc4C5(c4ccccc4)c4ccccc4)cc3)n2)cc1. The molecule has 0 aliphatic heterocycles. The molecule has 0 atom stereocenters. The molecule has 4 heteroatoms. The number of nitrogens with zero attached hydrogens (tertiary/aromatic N) is 4. The van der Waals surface area contributed by atoms with Gasteiger partial charge >= 0.3 is 0 Å². The number of fused-ring (bicyclic) bond motifs is 7. The van der Waals surface area contributed by atoms with Gasteiger partial charge in [0.05, 0.1) is 16.4 Å². The summed E-state index contributed by atoms with van der Waals surface area (Å²) in [6, 6.07) is 82.5. The number of aromatic nitrogens is 4. The average Bonchev–Trinajstić information content (AvgIpc) is 3.86. The van der Waals surface area contributed by atoms with Gasteiger partial charge in [0, 0.05) is 38.7 Å². The third kappa shape index (κ3) is 5.50. The summed E-state index contributed by atoms with van der Waals surface area (Å²) in [5.74, 6) is 1.92. The summed E-state index contributed by atoms with van der Waals surface area (Å²) in [4.78, 5) is 15.1. The second-order valence-corrected chi connectivity index (χ2v) is 15.9. The lowest BCUT2D eigenvalue weighted by Crippen LogP contribution is -2.28. The molecular weight excluding hydrogens is 753 g/mol. The third-order valence-electron chi connectivity index (χ3n) is 12.5. The molecule has 1 aliphatic rings. The van der Waals surface area contributed by atoms with E-state index in [1.54, 1.807) is 0 Å². The summed E-state index contributed by atoms with van der Waals surface area (Å²) in [6.07, 6.45) is 0. The molecule has 0 amide bonds. The lowest BCUT2D eigenvalue weighted by atomic mass is 9.67. The van der Waals surface area contributed by atoms with Crippen LogP contribution in [0.2, 0.25) is 0 Å². The zero-order valence-corrected chi connectivity index (χ0v) is 33.7. The molecule has 12 rings (SSSR count). The standard InChI is InChI=1S/C58H38N4/c1-6-20-40(21-7-1)55-59-56(41-22-8-2-9-23-41)61-57(60-55)42-36-34-39(35-37-42)48-38-50-53(54-52(48)47-31-17-19-33-51(47)62(54)45-28-14-5-15-29-45)46-30-16-18-32-49(46)58(50,43-24-10-3-11-25-43)44-26-12-4-13-27-44/h1-38H. The molecule has 62 heavy (non-hydrogen) atoms. The van der Waals surface area contributed by atoms with E-state index >= 15 is 0 Å². The van der Waals surface area contributed by atoms with E-state index < -0.39 is 5.41 Å². The zero-order valence-electron chi connectivity index (χ0n) is 33.7. The van der Waals surface area contributed by atoms with Crippen LogP contribution in [0.5, 0.6) is 0 Å². The Bertz CT molecular complexity index is 3320. The number of hydrogen-bond donors (Lipinski definition) is 0. The maximum absolute atomic E-state index is 5.06. The first kappa shape index (κ1) is 35.7. The fourth-order valence-electron chi connectivity index (χ4n) is 9.88. The first-order valence-electron chi connectivity index (χ1n) is 21.1. The molecule has 0 unspecified atom stereocenters. The molecule has 11 aromatic rings. The zero-order chi connectivity index (χ0) is 41.0. The molecule has 0 bridgehead atoms. The van der Waals surface area contributed by atoms with Crippen LogP contribution in [-0.2, 0) is 5.41 Å². The van der Waals surface area contributed by atoms with E-state index in [1.165, 1.54) is 60.8 Å². The first-order valence-corrected chi connectivity index (χ1v) is 21.1. The van der Waals surface area contributed by atoms with Crippen LogP contribution < -0.4 is 0 Å². The molecular formula is C58H38N4. The fraction of sp³-hybridized carbons (Fsp3) is 0.0172. The highest BCUT2D eigenvalue weighted by Crippen LogP contribution is 2.60. The van der Waals surface area contributed by atoms with Crippen LogP contribution in [0.4, 0.5) is 0 Å². The summed E-state index contributed by atoms with van der Waals surface area (Å²) in [5, 5.41) is 2.43. The van der Waals surface area contributed by atoms with E-state index in [1.807, 2.05) is 60.7 Å². The molecule has 4 nitrogen and oxygen atoms in total. The van der Waals surface area contributed by atoms with Crippen molar-refractivity contribution in [3.63, 3.8) is 0 Å². The van der Waals surface area contributed by atoms with Gasteiger partial charge in [0.2, 0.25) is 0 Å². The van der Waals surface area contributed by atoms with Gasteiger partial charge in [-0.05, 0) is 63.2 Å². The van der Waals surface area contributed by atoms with E-state index in [0.29, 0.717) is 17.5 Å². The summed E-state index contributed by atoms with van der Waals surface area (Å²) < 4.78 is 2.49. The third-order valence-corrected chi connectivity index (χ3v) is 12.5. The van der Waals surface area contributed by atoms with Crippen molar-refractivity contribution in [2.24, 2.45) is 0 Å². The van der Waals surface area contributed by atoms with Gasteiger partial charge in [-0.3, -0.25) is 0 Å². The molecule has 290 valence electrons. The predicted molar refractivity (Wildman–Crippen MR) is 253 cm³/mol. The molecule has 0 saturated heterocycles. The topological polar surface area (TPSA) is 43.6 Å². The fourth-order valence-corrected chi connectivity index (χ4v) is 9.88. The molecule has 9 aromatic carbocycles. The van der Waals surface area contributed by atoms with Crippen molar-refractivity contribution in [2.75, 3.05) is 0 Å². The summed E-state index contributed by atoms with van der Waals surface area (Å²) in [7, 11) is 0. The van der Waals surface area contributed by atoms with Crippen LogP contribution in [0, 0.1) is 0 Å². The molecule has 2 heterocycles. The van der Waals surface area contributed by atoms with E-state index in [0.717, 1.165) is 27.9 Å². The van der Waals surface area contributed by atoms with E-state index in [9.17, 15) is 0 Å². The van der Waals surface area contributed by atoms with Crippen LogP contribution in [0.3, 0.4) is 0 Å². The minimum absolute atomic E-state index is 0.581. The van der Waals surface area contributed by atoms with Gasteiger partial charge in [-0.2, -0.15) is 0 Å². The highest BCUT2D eigenvalue weighted by atomic mass is 15.0. The van der Waals surface area contributed by atoms with Crippen molar-refractivity contribution in [1.82, 2.24) is 19.5 Å². The van der Waals surface area contributed by atoms with Crippen molar-refractivity contribution in [2.45, 2.75) is 5.41 Å². The summed E-state index contributed by atoms with van der Waals surface area (Å²) in [6.45, 7) is 0. The summed E-state index contributed by atoms with van der Waals surface area (Å²) in [5.41, 5.74) is 15.5. The Morgan fingerprint density at radius 3 is 1.39 bits per heavy atom. The number of rotatable bonds is 7. The van der Waals surface area contributed by atoms with Gasteiger partial charge in [-0.25, -0.2) is 15.0 Å². The smallest absolute Gasteiger partial charge is 0.164 e. The van der Waals surface area contributed by atoms with Gasteiger partial charge in [-0.15, -0.1) is 0 Å². The molecule has 0 saturated carbocycles. The molecule has 2 aromatic heterocycles. The normalized spacial score (nSPS) is 12.6. The Balaban J connectivity index is 1.16. The Morgan fingerprint density at radius 1 is 0.355 bits per heavy atom. The highest BCUT2D eigenvalue weighted by Gasteiger charge is 2.47. The molecule has 0 fully saturated rings. The Labute approximate surface area is 360 Å². The van der Waals surface area contributed by atoms with Crippen molar-refractivity contribution >= 4 is 21.8 Å². The van der Waals surface area contributed by atoms with Crippen molar-refractivity contribution < 1.29 is 0 Å². The second kappa shape index (κ2) is 14.5. The number of benzene rings is 9. The average molecular weight is 791 g/mol. The minimum atomic E-state index is -0.581. The molecule has 0 radical (unpaired) electrons. The van der Waals surface area contributed by atoms with Crippen LogP contribution in [-0.4, -0.2) is 19.5 Å². The predicted octanol–water partition coefficient (Wildman–Crippen LogP) is 14.0. The van der Waals surface area contributed by atoms with E-state index in [4.69, 9.17) is 15.0 Å². The van der Waals surface area contributed by atoms with Gasteiger partial charge in [-0.1, -0.05) is 206 Å². The van der Waals surface area contributed by atoms with Crippen LogP contribution in [0.15, 0.2) is 231 Å². The Morgan fingerprint density at radius 2 is 0.806 bits per heavy atom. The van der Waals surface area contributed by atoms with Gasteiger partial charge in [0.1, 0.15) is 0 Å². The van der Waals surface area contributed by atoms with Crippen molar-refractivity contribution in [3.05, 3.63) is 253 Å². The first-order chi connectivity index (χ1) is 30.8. The lowest BCUT2D eigenvalue weighted by molar-refractivity contribution is 0.769. The molecule has 1 aliphatic carbocycles. The maximum Gasteiger partial charge on any atom is 0.164 e. The van der Waals surface area contributed by atoms with Gasteiger partial charge in [0.15, 0.2) is 17.5 Å². The van der Waals surface area contributed by atoms with E-state index in [-0.39, 0.29) is 0 Å². The van der Waals surface area contributed by atoms with Crippen molar-refractivity contribution in [3.8, 4) is 62.1 Å². The molecule has 0 spiro atoms. The largest absolute Gasteiger partial charge is 0.309 e. The summed E-state index contributed by atoms with van der Waals surface area (Å²) >= 11 is 0. The van der Waals surface area contributed by atoms with E-state index in [2.05, 4.69) is 174 Å². The lowest BCUT2D eigenvalue weighted by Gasteiger charge is -2.34. The highest BCUT2D eigenvalue weighted by molar-refractivity contribution is 6.21. The monoisotopic (exact) mass is 790 g/mol. The van der Waals surface area contributed by atoms with Crippen molar-refractivity contribution in [1.29, 1.82) is 0 Å². The Kier molecular flexibility index (Phi) is 8.36. The quantitative estimate of drug-likeness (QED) is 0.161. The Hall–Kier alpha value is -8.21. The van der Waals surface area contributed by atoms with Crippen LogP contribution in [0.25, 0.3) is 83.9 Å². The van der Waals surface area contributed by atoms with Crippen LogP contribution >= 0.6 is 0 Å². The second-order valence-electron chi connectivity index (χ2n) is 15.9. The minimum Gasteiger partial charge on any atom is -0.309 e. The number of para-hydroxylation sites is 2. The molecule has 0 N–H and O–H groups in total. The van der Waals surface area contributed by atoms with Gasteiger partial charge in [0.25, 0.3) is 0 Å². The van der Waals surface area contributed by atoms with Gasteiger partial charge < -0.3 is 4.57 Å². The van der Waals surface area contributed by atoms with Crippen LogP contribution in [0.1, 0.15) is 22.3 Å². The maximum atomic E-state index is 5.06. The number of hydrogen-bond acceptors (Lipinski definition) is 3.